The normalized spacial score (nSPS) is 16.0. The predicted molar refractivity (Wildman–Crippen MR) is 91.0 cm³/mol. The minimum atomic E-state index is -1.25. The van der Waals surface area contributed by atoms with Crippen molar-refractivity contribution < 1.29 is 29.5 Å². The number of amides is 4. The molecule has 0 spiro atoms. The third-order valence-corrected chi connectivity index (χ3v) is 3.92. The number of fused-ring (bicyclic) bond motifs is 1. The molecule has 0 aliphatic carbocycles. The smallest absolute Gasteiger partial charge is 0.409 e. The Bertz CT molecular complexity index is 721. The molecule has 1 aromatic carbocycles. The highest BCUT2D eigenvalue weighted by Gasteiger charge is 2.27. The van der Waals surface area contributed by atoms with Crippen molar-refractivity contribution in [1.29, 1.82) is 0 Å². The molecule has 1 aliphatic rings. The number of carboxylic acid groups (broad SMARTS) is 1. The van der Waals surface area contributed by atoms with E-state index < -0.39 is 23.9 Å². The topological polar surface area (TPSA) is 157 Å². The van der Waals surface area contributed by atoms with E-state index in [-0.39, 0.29) is 23.6 Å². The molecule has 0 saturated carbocycles. The van der Waals surface area contributed by atoms with Crippen LogP contribution in [0.2, 0.25) is 0 Å². The van der Waals surface area contributed by atoms with Gasteiger partial charge in [0.1, 0.15) is 6.04 Å². The van der Waals surface area contributed by atoms with Crippen LogP contribution in [0, 0.1) is 0 Å². The van der Waals surface area contributed by atoms with Gasteiger partial charge in [-0.2, -0.15) is 0 Å². The summed E-state index contributed by atoms with van der Waals surface area (Å²) in [5, 5.41) is 24.6. The van der Waals surface area contributed by atoms with Crippen LogP contribution in [0.15, 0.2) is 18.2 Å². The first-order chi connectivity index (χ1) is 12.4. The molecule has 10 nitrogen and oxygen atoms in total. The van der Waals surface area contributed by atoms with Crippen LogP contribution in [0.1, 0.15) is 42.5 Å². The molecule has 1 atom stereocenters. The van der Waals surface area contributed by atoms with Gasteiger partial charge in [0.05, 0.1) is 11.3 Å². The van der Waals surface area contributed by atoms with Crippen molar-refractivity contribution in [3.8, 4) is 0 Å². The predicted octanol–water partition coefficient (Wildman–Crippen LogP) is 1.28. The number of nitrogens with one attached hydrogen (secondary N) is 4. The summed E-state index contributed by atoms with van der Waals surface area (Å²) in [6, 6.07) is 3.55. The number of carbonyl (C=O) groups is 4. The van der Waals surface area contributed by atoms with Crippen molar-refractivity contribution in [2.45, 2.75) is 38.1 Å². The van der Waals surface area contributed by atoms with Crippen LogP contribution in [0.4, 0.5) is 16.2 Å². The lowest BCUT2D eigenvalue weighted by Gasteiger charge is -2.14. The summed E-state index contributed by atoms with van der Waals surface area (Å²) in [6.07, 6.45) is 1.15. The van der Waals surface area contributed by atoms with E-state index in [2.05, 4.69) is 16.0 Å². The molecule has 1 heterocycles. The summed E-state index contributed by atoms with van der Waals surface area (Å²) in [7, 11) is 0. The fourth-order valence-corrected chi connectivity index (χ4v) is 2.63. The number of anilines is 2. The molecule has 2 rings (SSSR count). The second-order valence-electron chi connectivity index (χ2n) is 5.84. The van der Waals surface area contributed by atoms with Crippen LogP contribution in [0.5, 0.6) is 0 Å². The van der Waals surface area contributed by atoms with E-state index in [0.717, 1.165) is 0 Å². The van der Waals surface area contributed by atoms with Gasteiger partial charge in [-0.05, 0) is 31.0 Å². The monoisotopic (exact) mass is 364 g/mol. The van der Waals surface area contributed by atoms with Crippen LogP contribution in [0.3, 0.4) is 0 Å². The number of unbranched alkanes of at least 4 members (excludes halogenated alkanes) is 2. The van der Waals surface area contributed by atoms with Crippen LogP contribution in [0.25, 0.3) is 0 Å². The highest BCUT2D eigenvalue weighted by Crippen LogP contribution is 2.24. The van der Waals surface area contributed by atoms with Gasteiger partial charge in [0.25, 0.3) is 5.91 Å². The average Bonchev–Trinajstić information content (AvgIpc) is 2.71. The fourth-order valence-electron chi connectivity index (χ4n) is 2.63. The molecule has 1 unspecified atom stereocenters. The number of carbonyl (C=O) groups excluding carboxylic acids is 3. The third-order valence-electron chi connectivity index (χ3n) is 3.92. The van der Waals surface area contributed by atoms with Gasteiger partial charge in [-0.3, -0.25) is 24.9 Å². The van der Waals surface area contributed by atoms with Gasteiger partial charge >= 0.3 is 6.09 Å². The standard InChI is InChI=1S/C16H20N4O6/c21-13(20-26)5-3-1-2-4-12-15(23)18-11-7-6-9(17-16(24)25)8-10(11)14(22)19-12/h6-8,12,17,26H,1-5H2,(H,18,23)(H,19,22)(H,20,21)(H,24,25). The molecular formula is C16H20N4O6. The molecule has 0 saturated heterocycles. The van der Waals surface area contributed by atoms with E-state index in [1.54, 1.807) is 5.48 Å². The molecule has 6 N–H and O–H groups in total. The van der Waals surface area contributed by atoms with E-state index in [1.165, 1.54) is 18.2 Å². The Kier molecular flexibility index (Phi) is 6.50. The van der Waals surface area contributed by atoms with E-state index in [4.69, 9.17) is 10.3 Å². The molecule has 0 aromatic heterocycles. The number of hydrogen-bond acceptors (Lipinski definition) is 5. The second kappa shape index (κ2) is 8.81. The first-order valence-corrected chi connectivity index (χ1v) is 8.09. The first-order valence-electron chi connectivity index (χ1n) is 8.09. The summed E-state index contributed by atoms with van der Waals surface area (Å²) < 4.78 is 0. The van der Waals surface area contributed by atoms with Crippen molar-refractivity contribution in [1.82, 2.24) is 10.8 Å². The Labute approximate surface area is 148 Å². The molecule has 140 valence electrons. The zero-order valence-corrected chi connectivity index (χ0v) is 13.9. The van der Waals surface area contributed by atoms with E-state index in [1.807, 2.05) is 0 Å². The summed E-state index contributed by atoms with van der Waals surface area (Å²) in [5.74, 6) is -1.30. The van der Waals surface area contributed by atoms with Crippen molar-refractivity contribution in [3.05, 3.63) is 23.8 Å². The molecule has 1 aromatic rings. The summed E-state index contributed by atoms with van der Waals surface area (Å²) in [5.41, 5.74) is 2.26. The van der Waals surface area contributed by atoms with Crippen molar-refractivity contribution in [2.24, 2.45) is 0 Å². The Morgan fingerprint density at radius 1 is 1.15 bits per heavy atom. The molecular weight excluding hydrogens is 344 g/mol. The van der Waals surface area contributed by atoms with E-state index in [9.17, 15) is 19.2 Å². The number of hydrogen-bond donors (Lipinski definition) is 6. The number of benzene rings is 1. The summed E-state index contributed by atoms with van der Waals surface area (Å²) in [4.78, 5) is 46.2. The van der Waals surface area contributed by atoms with Gasteiger partial charge in [-0.25, -0.2) is 10.3 Å². The summed E-state index contributed by atoms with van der Waals surface area (Å²) in [6.45, 7) is 0. The lowest BCUT2D eigenvalue weighted by molar-refractivity contribution is -0.129. The van der Waals surface area contributed by atoms with Crippen LogP contribution in [-0.4, -0.2) is 40.2 Å². The minimum Gasteiger partial charge on any atom is -0.465 e. The molecule has 4 amide bonds. The van der Waals surface area contributed by atoms with Crippen molar-refractivity contribution in [2.75, 3.05) is 10.6 Å². The number of rotatable bonds is 7. The van der Waals surface area contributed by atoms with Gasteiger partial charge in [-0.15, -0.1) is 0 Å². The highest BCUT2D eigenvalue weighted by atomic mass is 16.5. The Morgan fingerprint density at radius 3 is 2.62 bits per heavy atom. The van der Waals surface area contributed by atoms with Crippen molar-refractivity contribution in [3.63, 3.8) is 0 Å². The molecule has 0 fully saturated rings. The highest BCUT2D eigenvalue weighted by molar-refractivity contribution is 6.10. The third kappa shape index (κ3) is 5.18. The molecule has 10 heteroatoms. The summed E-state index contributed by atoms with van der Waals surface area (Å²) >= 11 is 0. The van der Waals surface area contributed by atoms with Crippen LogP contribution < -0.4 is 21.4 Å². The fraction of sp³-hybridized carbons (Fsp3) is 0.375. The lowest BCUT2D eigenvalue weighted by Crippen LogP contribution is -2.41. The van der Waals surface area contributed by atoms with Gasteiger partial charge in [-0.1, -0.05) is 12.8 Å². The van der Waals surface area contributed by atoms with Crippen LogP contribution in [-0.2, 0) is 9.59 Å². The molecule has 1 aliphatic heterocycles. The Morgan fingerprint density at radius 2 is 1.92 bits per heavy atom. The molecule has 0 radical (unpaired) electrons. The average molecular weight is 364 g/mol. The number of hydroxylamine groups is 1. The molecule has 26 heavy (non-hydrogen) atoms. The zero-order chi connectivity index (χ0) is 19.1. The van der Waals surface area contributed by atoms with Crippen molar-refractivity contribution >= 4 is 35.2 Å². The zero-order valence-electron chi connectivity index (χ0n) is 13.9. The second-order valence-corrected chi connectivity index (χ2v) is 5.84. The lowest BCUT2D eigenvalue weighted by atomic mass is 10.1. The first kappa shape index (κ1) is 19.2. The quantitative estimate of drug-likeness (QED) is 0.243. The SMILES string of the molecule is O=C(O)Nc1ccc2c(c1)C(=O)NC(CCCCCC(=O)NO)C(=O)N2. The van der Waals surface area contributed by atoms with Gasteiger partial charge in [0.15, 0.2) is 0 Å². The van der Waals surface area contributed by atoms with Gasteiger partial charge < -0.3 is 15.7 Å². The van der Waals surface area contributed by atoms with E-state index in [0.29, 0.717) is 31.4 Å². The van der Waals surface area contributed by atoms with Gasteiger partial charge in [0.2, 0.25) is 11.8 Å². The Hall–Kier alpha value is -3.14. The minimum absolute atomic E-state index is 0.173. The largest absolute Gasteiger partial charge is 0.465 e. The Balaban J connectivity index is 1.95. The van der Waals surface area contributed by atoms with Crippen LogP contribution >= 0.6 is 0 Å². The maximum Gasteiger partial charge on any atom is 0.409 e. The molecule has 0 bridgehead atoms. The van der Waals surface area contributed by atoms with E-state index >= 15 is 0 Å². The maximum atomic E-state index is 12.4. The maximum absolute atomic E-state index is 12.4. The van der Waals surface area contributed by atoms with Gasteiger partial charge in [0, 0.05) is 12.1 Å².